The molecule has 0 saturated carbocycles. The Morgan fingerprint density at radius 2 is 2.08 bits per heavy atom. The van der Waals surface area contributed by atoms with E-state index in [2.05, 4.69) is 26.8 Å². The Labute approximate surface area is 149 Å². The minimum atomic E-state index is 0.704. The summed E-state index contributed by atoms with van der Waals surface area (Å²) in [4.78, 5) is 4.30. The summed E-state index contributed by atoms with van der Waals surface area (Å²) >= 11 is 0. The maximum Gasteiger partial charge on any atom is 0.191 e. The van der Waals surface area contributed by atoms with Gasteiger partial charge in [-0.15, -0.1) is 0 Å². The number of para-hydroxylation sites is 1. The van der Waals surface area contributed by atoms with Crippen LogP contribution in [-0.2, 0) is 6.54 Å². The lowest BCUT2D eigenvalue weighted by molar-refractivity contribution is 0.665. The summed E-state index contributed by atoms with van der Waals surface area (Å²) in [5, 5.41) is 11.2. The summed E-state index contributed by atoms with van der Waals surface area (Å²) in [6.45, 7) is 1.63. The number of rotatable bonds is 6. The predicted octanol–water partition coefficient (Wildman–Crippen LogP) is 3.43. The average Bonchev–Trinajstić information content (AvgIpc) is 3.15. The smallest absolute Gasteiger partial charge is 0.191 e. The van der Waals surface area contributed by atoms with Gasteiger partial charge in [0.1, 0.15) is 0 Å². The highest BCUT2D eigenvalue weighted by Crippen LogP contribution is 2.19. The topological polar surface area (TPSA) is 54.2 Å². The van der Waals surface area contributed by atoms with E-state index in [1.54, 1.807) is 5.57 Å². The summed E-state index contributed by atoms with van der Waals surface area (Å²) < 4.78 is 1.89. The van der Waals surface area contributed by atoms with E-state index in [0.717, 1.165) is 30.2 Å². The Morgan fingerprint density at radius 1 is 1.20 bits per heavy atom. The highest BCUT2D eigenvalue weighted by atomic mass is 15.3. The molecule has 1 heterocycles. The number of hydrogen-bond acceptors (Lipinski definition) is 2. The molecular weight excluding hydrogens is 310 g/mol. The van der Waals surface area contributed by atoms with Crippen molar-refractivity contribution in [2.45, 2.75) is 38.6 Å². The number of aliphatic imine (C=N–C) groups is 1. The zero-order chi connectivity index (χ0) is 17.3. The maximum atomic E-state index is 4.42. The fourth-order valence-electron chi connectivity index (χ4n) is 3.05. The van der Waals surface area contributed by atoms with E-state index in [1.807, 2.05) is 54.5 Å². The molecule has 1 aliphatic carbocycles. The van der Waals surface area contributed by atoms with Crippen LogP contribution in [0.3, 0.4) is 0 Å². The lowest BCUT2D eigenvalue weighted by atomic mass is 9.97. The lowest BCUT2D eigenvalue weighted by Gasteiger charge is -2.15. The number of nitrogens with one attached hydrogen (secondary N) is 2. The summed E-state index contributed by atoms with van der Waals surface area (Å²) in [7, 11) is 1.81. The molecule has 2 N–H and O–H groups in total. The fraction of sp³-hybridized carbons (Fsp3) is 0.400. The fourth-order valence-corrected chi connectivity index (χ4v) is 3.05. The highest BCUT2D eigenvalue weighted by Gasteiger charge is 2.05. The first-order valence-electron chi connectivity index (χ1n) is 9.06. The Hall–Kier alpha value is -2.56. The van der Waals surface area contributed by atoms with Gasteiger partial charge in [-0.3, -0.25) is 4.99 Å². The van der Waals surface area contributed by atoms with Crippen LogP contribution in [0.25, 0.3) is 5.69 Å². The van der Waals surface area contributed by atoms with Crippen LogP contribution in [0.15, 0.2) is 59.4 Å². The van der Waals surface area contributed by atoms with Crippen molar-refractivity contribution in [3.8, 4) is 5.69 Å². The van der Waals surface area contributed by atoms with Gasteiger partial charge in [0.2, 0.25) is 0 Å². The normalized spacial score (nSPS) is 14.9. The SMILES string of the molecule is CN=C(NCCC1=CCCCC1)NCc1cnn(-c2ccccc2)c1. The minimum Gasteiger partial charge on any atom is -0.356 e. The molecule has 0 unspecified atom stereocenters. The van der Waals surface area contributed by atoms with Gasteiger partial charge < -0.3 is 10.6 Å². The number of hydrogen-bond donors (Lipinski definition) is 2. The van der Waals surface area contributed by atoms with Crippen molar-refractivity contribution >= 4 is 5.96 Å². The molecule has 1 aliphatic rings. The summed E-state index contributed by atoms with van der Waals surface area (Å²) in [5.41, 5.74) is 3.78. The van der Waals surface area contributed by atoms with E-state index in [1.165, 1.54) is 25.7 Å². The van der Waals surface area contributed by atoms with Crippen LogP contribution < -0.4 is 10.6 Å². The first kappa shape index (κ1) is 17.3. The first-order valence-corrected chi connectivity index (χ1v) is 9.06. The largest absolute Gasteiger partial charge is 0.356 e. The Balaban J connectivity index is 1.45. The van der Waals surface area contributed by atoms with Gasteiger partial charge in [-0.25, -0.2) is 4.68 Å². The average molecular weight is 337 g/mol. The van der Waals surface area contributed by atoms with Gasteiger partial charge in [-0.2, -0.15) is 5.10 Å². The van der Waals surface area contributed by atoms with Crippen LogP contribution in [-0.4, -0.2) is 29.3 Å². The number of nitrogens with zero attached hydrogens (tertiary/aromatic N) is 3. The monoisotopic (exact) mass is 337 g/mol. The van der Waals surface area contributed by atoms with Crippen LogP contribution in [0, 0.1) is 0 Å². The van der Waals surface area contributed by atoms with Crippen molar-refractivity contribution in [2.75, 3.05) is 13.6 Å². The number of aromatic nitrogens is 2. The third-order valence-electron chi connectivity index (χ3n) is 4.46. The molecule has 0 radical (unpaired) electrons. The molecule has 0 amide bonds. The van der Waals surface area contributed by atoms with E-state index < -0.39 is 0 Å². The van der Waals surface area contributed by atoms with E-state index in [4.69, 9.17) is 0 Å². The second-order valence-electron chi connectivity index (χ2n) is 6.34. The summed E-state index contributed by atoms with van der Waals surface area (Å²) in [5.74, 6) is 0.837. The van der Waals surface area contributed by atoms with Crippen LogP contribution in [0.1, 0.15) is 37.7 Å². The van der Waals surface area contributed by atoms with Crippen molar-refractivity contribution in [1.29, 1.82) is 0 Å². The molecule has 0 atom stereocenters. The Morgan fingerprint density at radius 3 is 2.84 bits per heavy atom. The van der Waals surface area contributed by atoms with E-state index in [-0.39, 0.29) is 0 Å². The molecule has 0 fully saturated rings. The predicted molar refractivity (Wildman–Crippen MR) is 103 cm³/mol. The second-order valence-corrected chi connectivity index (χ2v) is 6.34. The van der Waals surface area contributed by atoms with Crippen molar-refractivity contribution in [3.05, 3.63) is 59.9 Å². The van der Waals surface area contributed by atoms with Crippen molar-refractivity contribution in [3.63, 3.8) is 0 Å². The second kappa shape index (κ2) is 9.06. The zero-order valence-corrected chi connectivity index (χ0v) is 14.9. The van der Waals surface area contributed by atoms with Gasteiger partial charge in [0, 0.05) is 31.9 Å². The molecular formula is C20H27N5. The number of allylic oxidation sites excluding steroid dienone is 1. The first-order chi connectivity index (χ1) is 12.3. The molecule has 25 heavy (non-hydrogen) atoms. The van der Waals surface area contributed by atoms with Crippen molar-refractivity contribution in [1.82, 2.24) is 20.4 Å². The maximum absolute atomic E-state index is 4.42. The molecule has 2 aromatic rings. The van der Waals surface area contributed by atoms with Gasteiger partial charge in [-0.05, 0) is 44.2 Å². The quantitative estimate of drug-likeness (QED) is 0.482. The molecule has 0 bridgehead atoms. The molecule has 1 aromatic heterocycles. The van der Waals surface area contributed by atoms with E-state index in [9.17, 15) is 0 Å². The molecule has 0 aliphatic heterocycles. The molecule has 3 rings (SSSR count). The molecule has 0 spiro atoms. The Bertz CT molecular complexity index is 715. The van der Waals surface area contributed by atoms with Crippen LogP contribution in [0.2, 0.25) is 0 Å². The molecule has 132 valence electrons. The van der Waals surface area contributed by atoms with Crippen molar-refractivity contribution < 1.29 is 0 Å². The van der Waals surface area contributed by atoms with Gasteiger partial charge >= 0.3 is 0 Å². The van der Waals surface area contributed by atoms with Gasteiger partial charge in [-0.1, -0.05) is 29.8 Å². The summed E-state index contributed by atoms with van der Waals surface area (Å²) in [6, 6.07) is 10.1. The minimum absolute atomic E-state index is 0.704. The highest BCUT2D eigenvalue weighted by molar-refractivity contribution is 5.79. The number of benzene rings is 1. The molecule has 0 saturated heterocycles. The molecule has 5 heteroatoms. The lowest BCUT2D eigenvalue weighted by Crippen LogP contribution is -2.37. The van der Waals surface area contributed by atoms with Crippen LogP contribution in [0.5, 0.6) is 0 Å². The van der Waals surface area contributed by atoms with E-state index >= 15 is 0 Å². The van der Waals surface area contributed by atoms with E-state index in [0.29, 0.717) is 6.54 Å². The van der Waals surface area contributed by atoms with Crippen molar-refractivity contribution in [2.24, 2.45) is 4.99 Å². The van der Waals surface area contributed by atoms with Crippen LogP contribution in [0.4, 0.5) is 0 Å². The zero-order valence-electron chi connectivity index (χ0n) is 14.9. The standard InChI is InChI=1S/C20H27N5/c1-21-20(22-13-12-17-8-4-2-5-9-17)23-14-18-15-24-25(16-18)19-10-6-3-7-11-19/h3,6-8,10-11,15-16H,2,4-5,9,12-14H2,1H3,(H2,21,22,23). The third kappa shape index (κ3) is 5.21. The van der Waals surface area contributed by atoms with Gasteiger partial charge in [0.15, 0.2) is 5.96 Å². The third-order valence-corrected chi connectivity index (χ3v) is 4.46. The van der Waals surface area contributed by atoms with Gasteiger partial charge in [0.05, 0.1) is 11.9 Å². The number of guanidine groups is 1. The molecule has 1 aromatic carbocycles. The van der Waals surface area contributed by atoms with Gasteiger partial charge in [0.25, 0.3) is 0 Å². The Kier molecular flexibility index (Phi) is 6.26. The summed E-state index contributed by atoms with van der Waals surface area (Å²) in [6.07, 6.45) is 12.6. The molecule has 5 nitrogen and oxygen atoms in total. The van der Waals surface area contributed by atoms with Crippen LogP contribution >= 0.6 is 0 Å².